The van der Waals surface area contributed by atoms with Crippen molar-refractivity contribution >= 4 is 30.7 Å². The molecular formula is C25H35N6O7P. The zero-order chi connectivity index (χ0) is 28.0. The van der Waals surface area contributed by atoms with E-state index in [9.17, 15) is 14.5 Å². The normalized spacial score (nSPS) is 21.6. The quantitative estimate of drug-likeness (QED) is 0.205. The molecule has 212 valence electrons. The fourth-order valence-corrected chi connectivity index (χ4v) is 5.70. The highest BCUT2D eigenvalue weighted by Crippen LogP contribution is 2.46. The Morgan fingerprint density at radius 1 is 1.26 bits per heavy atom. The number of nitrogens with two attached hydrogens (primary N) is 1. The summed E-state index contributed by atoms with van der Waals surface area (Å²) in [6, 6.07) is 7.50. The van der Waals surface area contributed by atoms with Crippen LogP contribution in [0, 0.1) is 5.92 Å². The van der Waals surface area contributed by atoms with Crippen LogP contribution in [-0.2, 0) is 23.4 Å². The number of anilines is 1. The van der Waals surface area contributed by atoms with Gasteiger partial charge in [0.25, 0.3) is 0 Å². The molecule has 4 N–H and O–H groups in total. The molecule has 1 aromatic carbocycles. The number of nitrogen functional groups attached to an aromatic ring is 1. The number of benzene rings is 1. The number of nitrogens with zero attached hydrogens (tertiary/aromatic N) is 4. The van der Waals surface area contributed by atoms with Gasteiger partial charge in [0.05, 0.1) is 25.6 Å². The maximum Gasteiger partial charge on any atom is 0.459 e. The first-order valence-electron chi connectivity index (χ1n) is 12.9. The molecule has 0 spiro atoms. The van der Waals surface area contributed by atoms with Crippen LogP contribution in [0.1, 0.15) is 46.3 Å². The monoisotopic (exact) mass is 562 g/mol. The lowest BCUT2D eigenvalue weighted by molar-refractivity contribution is -0.146. The van der Waals surface area contributed by atoms with E-state index >= 15 is 0 Å². The Balaban J connectivity index is 1.43. The summed E-state index contributed by atoms with van der Waals surface area (Å²) in [7, 11) is -4.08. The van der Waals surface area contributed by atoms with Crippen molar-refractivity contribution in [2.75, 3.05) is 18.9 Å². The van der Waals surface area contributed by atoms with Gasteiger partial charge in [0.1, 0.15) is 29.7 Å². The van der Waals surface area contributed by atoms with Crippen LogP contribution in [0.5, 0.6) is 5.75 Å². The van der Waals surface area contributed by atoms with Crippen LogP contribution in [0.2, 0.25) is 0 Å². The number of rotatable bonds is 13. The molecule has 2 aromatic heterocycles. The van der Waals surface area contributed by atoms with Gasteiger partial charge in [-0.2, -0.15) is 5.09 Å². The van der Waals surface area contributed by atoms with Crippen molar-refractivity contribution < 1.29 is 33.0 Å². The van der Waals surface area contributed by atoms with Crippen molar-refractivity contribution in [3.8, 4) is 5.75 Å². The lowest BCUT2D eigenvalue weighted by Gasteiger charge is -2.24. The third-order valence-corrected chi connectivity index (χ3v) is 8.19. The molecule has 0 aliphatic carbocycles. The first kappa shape index (κ1) is 28.9. The Hall–Kier alpha value is -3.09. The van der Waals surface area contributed by atoms with Gasteiger partial charge in [0.15, 0.2) is 17.7 Å². The molecule has 1 fully saturated rings. The molecule has 0 unspecified atom stereocenters. The van der Waals surface area contributed by atoms with E-state index in [1.54, 1.807) is 34.9 Å². The number of nitrogens with one attached hydrogen (secondary N) is 1. The molecule has 13 nitrogen and oxygen atoms in total. The summed E-state index contributed by atoms with van der Waals surface area (Å²) < 4.78 is 38.2. The topological polar surface area (TPSA) is 173 Å². The van der Waals surface area contributed by atoms with Crippen LogP contribution < -0.4 is 15.3 Å². The molecule has 0 saturated carbocycles. The Morgan fingerprint density at radius 3 is 2.72 bits per heavy atom. The van der Waals surface area contributed by atoms with Crippen LogP contribution >= 0.6 is 7.75 Å². The molecule has 4 rings (SSSR count). The van der Waals surface area contributed by atoms with Gasteiger partial charge >= 0.3 is 13.7 Å². The van der Waals surface area contributed by atoms with Gasteiger partial charge in [-0.05, 0) is 25.0 Å². The molecule has 3 aromatic rings. The highest BCUT2D eigenvalue weighted by atomic mass is 31.2. The van der Waals surface area contributed by atoms with Crippen molar-refractivity contribution in [2.24, 2.45) is 5.92 Å². The lowest BCUT2D eigenvalue weighted by Crippen LogP contribution is -2.36. The minimum Gasteiger partial charge on any atom is -0.464 e. The molecule has 1 saturated heterocycles. The number of hydrogen-bond donors (Lipinski definition) is 3. The number of esters is 1. The Morgan fingerprint density at radius 2 is 2.00 bits per heavy atom. The van der Waals surface area contributed by atoms with E-state index in [-0.39, 0.29) is 31.4 Å². The maximum absolute atomic E-state index is 13.8. The van der Waals surface area contributed by atoms with E-state index in [4.69, 9.17) is 24.3 Å². The third kappa shape index (κ3) is 7.11. The first-order valence-corrected chi connectivity index (χ1v) is 14.5. The van der Waals surface area contributed by atoms with Gasteiger partial charge in [-0.3, -0.25) is 13.9 Å². The summed E-state index contributed by atoms with van der Waals surface area (Å²) in [4.78, 5) is 24.9. The van der Waals surface area contributed by atoms with Crippen LogP contribution in [-0.4, -0.2) is 62.1 Å². The first-order chi connectivity index (χ1) is 18.7. The number of carbonyl (C=O) groups is 1. The van der Waals surface area contributed by atoms with E-state index in [1.807, 2.05) is 13.8 Å². The molecule has 0 bridgehead atoms. The van der Waals surface area contributed by atoms with Crippen LogP contribution in [0.25, 0.3) is 11.2 Å². The van der Waals surface area contributed by atoms with Crippen molar-refractivity contribution in [1.29, 1.82) is 0 Å². The summed E-state index contributed by atoms with van der Waals surface area (Å²) in [5.74, 6) is 0.185. The van der Waals surface area contributed by atoms with Crippen molar-refractivity contribution in [2.45, 2.75) is 64.5 Å². The van der Waals surface area contributed by atoms with Gasteiger partial charge in [0, 0.05) is 6.42 Å². The number of aromatic nitrogens is 4. The van der Waals surface area contributed by atoms with Gasteiger partial charge in [-0.25, -0.2) is 19.5 Å². The standard InChI is InChI=1S/C25H35N6O7P/c1-4-17(5-2)12-35-25(33)16(3)30-39(34,38-18-9-7-6-8-10-18)36-13-19-11-20(32)24(37-19)31-15-29-21-22(26)27-14-28-23(21)31/h6-10,14-17,19-20,24,32H,4-5,11-13H2,1-3H3,(H,30,34)(H2,26,27,28)/t16-,19-,20+,24+,39-/m0/s1. The molecule has 5 atom stereocenters. The highest BCUT2D eigenvalue weighted by Gasteiger charge is 2.39. The lowest BCUT2D eigenvalue weighted by atomic mass is 10.1. The van der Waals surface area contributed by atoms with Crippen LogP contribution in [0.3, 0.4) is 0 Å². The largest absolute Gasteiger partial charge is 0.464 e. The number of ether oxygens (including phenoxy) is 2. The molecule has 3 heterocycles. The molecule has 1 aliphatic heterocycles. The number of imidazole rings is 1. The van der Waals surface area contributed by atoms with Gasteiger partial charge in [-0.15, -0.1) is 0 Å². The summed E-state index contributed by atoms with van der Waals surface area (Å²) in [6.07, 6.45) is 2.33. The van der Waals surface area contributed by atoms with Gasteiger partial charge in [0.2, 0.25) is 0 Å². The molecule has 39 heavy (non-hydrogen) atoms. The zero-order valence-electron chi connectivity index (χ0n) is 22.2. The predicted molar refractivity (Wildman–Crippen MR) is 143 cm³/mol. The van der Waals surface area contributed by atoms with Crippen molar-refractivity contribution in [3.63, 3.8) is 0 Å². The van der Waals surface area contributed by atoms with Crippen molar-refractivity contribution in [3.05, 3.63) is 43.0 Å². The zero-order valence-corrected chi connectivity index (χ0v) is 23.1. The van der Waals surface area contributed by atoms with Crippen LogP contribution in [0.15, 0.2) is 43.0 Å². The average Bonchev–Trinajstić information content (AvgIpc) is 3.52. The SMILES string of the molecule is CCC(CC)COC(=O)[C@H](C)N[P@](=O)(OC[C@@H]1C[C@@H](O)[C@H](n2cnc3c(N)ncnc32)O1)Oc1ccccc1. The summed E-state index contributed by atoms with van der Waals surface area (Å²) in [5.41, 5.74) is 6.67. The summed E-state index contributed by atoms with van der Waals surface area (Å²) >= 11 is 0. The Bertz CT molecular complexity index is 1290. The number of aliphatic hydroxyl groups excluding tert-OH is 1. The number of aliphatic hydroxyl groups is 1. The highest BCUT2D eigenvalue weighted by molar-refractivity contribution is 7.52. The minimum absolute atomic E-state index is 0.184. The number of hydrogen-bond acceptors (Lipinski definition) is 11. The van der Waals surface area contributed by atoms with Crippen LogP contribution in [0.4, 0.5) is 5.82 Å². The third-order valence-electron chi connectivity index (χ3n) is 6.55. The fraction of sp³-hybridized carbons (Fsp3) is 0.520. The summed E-state index contributed by atoms with van der Waals surface area (Å²) in [6.45, 7) is 5.68. The summed E-state index contributed by atoms with van der Waals surface area (Å²) in [5, 5.41) is 13.4. The van der Waals surface area contributed by atoms with E-state index < -0.39 is 38.2 Å². The smallest absolute Gasteiger partial charge is 0.459 e. The maximum atomic E-state index is 13.8. The fourth-order valence-electron chi connectivity index (χ4n) is 4.17. The molecular weight excluding hydrogens is 527 g/mol. The van der Waals surface area contributed by atoms with E-state index in [0.717, 1.165) is 12.8 Å². The van der Waals surface area contributed by atoms with Gasteiger partial charge in [-0.1, -0.05) is 44.9 Å². The van der Waals surface area contributed by atoms with E-state index in [0.29, 0.717) is 16.9 Å². The molecule has 0 amide bonds. The molecule has 14 heteroatoms. The number of fused-ring (bicyclic) bond motifs is 1. The van der Waals surface area contributed by atoms with Gasteiger partial charge < -0.3 is 24.8 Å². The molecule has 1 aliphatic rings. The van der Waals surface area contributed by atoms with E-state index in [2.05, 4.69) is 20.0 Å². The predicted octanol–water partition coefficient (Wildman–Crippen LogP) is 3.22. The van der Waals surface area contributed by atoms with Crippen molar-refractivity contribution in [1.82, 2.24) is 24.6 Å². The second-order valence-electron chi connectivity index (χ2n) is 9.40. The van der Waals surface area contributed by atoms with E-state index in [1.165, 1.54) is 19.6 Å². The Labute approximate surface area is 226 Å². The average molecular weight is 563 g/mol. The number of para-hydroxylation sites is 1. The molecule has 0 radical (unpaired) electrons. The Kier molecular flexibility index (Phi) is 9.52. The minimum atomic E-state index is -4.08. The number of carbonyl (C=O) groups excluding carboxylic acids is 1. The second-order valence-corrected chi connectivity index (χ2v) is 11.1. The second kappa shape index (κ2) is 12.8.